The normalized spacial score (nSPS) is 22.9. The first kappa shape index (κ1) is 13.0. The molecule has 0 spiro atoms. The van der Waals surface area contributed by atoms with Crippen molar-refractivity contribution in [2.24, 2.45) is 5.73 Å². The quantitative estimate of drug-likeness (QED) is 0.679. The van der Waals surface area contributed by atoms with Crippen LogP contribution in [0.3, 0.4) is 0 Å². The van der Waals surface area contributed by atoms with Gasteiger partial charge in [0.2, 0.25) is 5.91 Å². The third kappa shape index (κ3) is 3.22. The van der Waals surface area contributed by atoms with E-state index < -0.39 is 6.04 Å². The summed E-state index contributed by atoms with van der Waals surface area (Å²) in [7, 11) is 4.08. The average molecular weight is 223 g/mol. The molecule has 2 atom stereocenters. The molecule has 0 aliphatic carbocycles. The number of nitrogens with zero attached hydrogens (tertiary/aromatic N) is 2. The second-order valence-electron chi connectivity index (χ2n) is 4.56. The molecule has 90 valence electrons. The van der Waals surface area contributed by atoms with Gasteiger partial charge in [-0.05, 0) is 26.9 Å². The Hall–Kier alpha value is -1.05. The molecule has 1 amide bonds. The fourth-order valence-corrected chi connectivity index (χ4v) is 2.03. The van der Waals surface area contributed by atoms with Gasteiger partial charge in [0.15, 0.2) is 0 Å². The number of likely N-dealkylation sites (tertiary alicyclic amines) is 1. The van der Waals surface area contributed by atoms with Crippen LogP contribution in [0.2, 0.25) is 0 Å². The van der Waals surface area contributed by atoms with Crippen LogP contribution in [0.15, 0.2) is 0 Å². The van der Waals surface area contributed by atoms with E-state index in [0.717, 1.165) is 25.9 Å². The van der Waals surface area contributed by atoms with Gasteiger partial charge in [0.05, 0.1) is 6.04 Å². The molecule has 4 heteroatoms. The van der Waals surface area contributed by atoms with Gasteiger partial charge in [-0.2, -0.15) is 0 Å². The van der Waals surface area contributed by atoms with Gasteiger partial charge < -0.3 is 15.5 Å². The number of likely N-dealkylation sites (N-methyl/N-ethyl adjacent to an activating group) is 1. The van der Waals surface area contributed by atoms with Crippen LogP contribution in [0, 0.1) is 12.3 Å². The first-order valence-electron chi connectivity index (χ1n) is 5.70. The summed E-state index contributed by atoms with van der Waals surface area (Å²) in [5.74, 6) is 2.43. The summed E-state index contributed by atoms with van der Waals surface area (Å²) in [4.78, 5) is 15.9. The zero-order valence-corrected chi connectivity index (χ0v) is 10.1. The van der Waals surface area contributed by atoms with Crippen LogP contribution >= 0.6 is 0 Å². The lowest BCUT2D eigenvalue weighted by atomic mass is 10.0. The summed E-state index contributed by atoms with van der Waals surface area (Å²) < 4.78 is 0. The van der Waals surface area contributed by atoms with Gasteiger partial charge in [-0.1, -0.05) is 0 Å². The third-order valence-electron chi connectivity index (χ3n) is 3.09. The summed E-state index contributed by atoms with van der Waals surface area (Å²) >= 11 is 0. The third-order valence-corrected chi connectivity index (χ3v) is 3.09. The maximum atomic E-state index is 11.9. The van der Waals surface area contributed by atoms with Gasteiger partial charge in [-0.3, -0.25) is 4.79 Å². The molecule has 0 bridgehead atoms. The molecular formula is C12H21N3O. The van der Waals surface area contributed by atoms with Crippen LogP contribution in [0.1, 0.15) is 19.3 Å². The maximum absolute atomic E-state index is 11.9. The van der Waals surface area contributed by atoms with Crippen LogP contribution in [0.25, 0.3) is 0 Å². The lowest BCUT2D eigenvalue weighted by Gasteiger charge is -2.37. The molecule has 2 unspecified atom stereocenters. The molecule has 4 nitrogen and oxygen atoms in total. The van der Waals surface area contributed by atoms with Crippen molar-refractivity contribution in [2.75, 3.05) is 27.2 Å². The first-order chi connectivity index (χ1) is 7.56. The molecular weight excluding hydrogens is 202 g/mol. The Bertz CT molecular complexity index is 282. The van der Waals surface area contributed by atoms with Crippen molar-refractivity contribution in [2.45, 2.75) is 31.3 Å². The standard InChI is InChI=1S/C12H21N3O/c1-4-6-11(13)12(16)15-8-5-7-10(9-15)14(2)3/h1,10-11H,5-9,13H2,2-3H3. The SMILES string of the molecule is C#CCC(N)C(=O)N1CCCC(N(C)C)C1. The summed E-state index contributed by atoms with van der Waals surface area (Å²) in [5.41, 5.74) is 5.73. The maximum Gasteiger partial charge on any atom is 0.240 e. The lowest BCUT2D eigenvalue weighted by molar-refractivity contribution is -0.134. The van der Waals surface area contributed by atoms with Gasteiger partial charge >= 0.3 is 0 Å². The minimum atomic E-state index is -0.536. The summed E-state index contributed by atoms with van der Waals surface area (Å²) in [6, 6.07) is -0.0957. The predicted molar refractivity (Wildman–Crippen MR) is 64.7 cm³/mol. The second kappa shape index (κ2) is 5.88. The number of piperidine rings is 1. The smallest absolute Gasteiger partial charge is 0.240 e. The molecule has 16 heavy (non-hydrogen) atoms. The highest BCUT2D eigenvalue weighted by Gasteiger charge is 2.27. The zero-order chi connectivity index (χ0) is 12.1. The van der Waals surface area contributed by atoms with E-state index in [9.17, 15) is 4.79 Å². The summed E-state index contributed by atoms with van der Waals surface area (Å²) in [5, 5.41) is 0. The molecule has 2 N–H and O–H groups in total. The molecule has 1 rings (SSSR count). The number of carbonyl (C=O) groups is 1. The van der Waals surface area contributed by atoms with Gasteiger partial charge in [0, 0.05) is 25.6 Å². The first-order valence-corrected chi connectivity index (χ1v) is 5.70. The highest BCUT2D eigenvalue weighted by molar-refractivity contribution is 5.82. The Balaban J connectivity index is 2.53. The number of rotatable bonds is 3. The Kier molecular flexibility index (Phi) is 4.78. The van der Waals surface area contributed by atoms with Crippen LogP contribution in [0.5, 0.6) is 0 Å². The van der Waals surface area contributed by atoms with Gasteiger partial charge in [-0.15, -0.1) is 12.3 Å². The minimum absolute atomic E-state index is 0.00972. The number of hydrogen-bond donors (Lipinski definition) is 1. The highest BCUT2D eigenvalue weighted by atomic mass is 16.2. The fraction of sp³-hybridized carbons (Fsp3) is 0.750. The Labute approximate surface area is 97.8 Å². The summed E-state index contributed by atoms with van der Waals surface area (Å²) in [6.45, 7) is 1.57. The number of hydrogen-bond acceptors (Lipinski definition) is 3. The molecule has 1 fully saturated rings. The second-order valence-corrected chi connectivity index (χ2v) is 4.56. The highest BCUT2D eigenvalue weighted by Crippen LogP contribution is 2.14. The minimum Gasteiger partial charge on any atom is -0.340 e. The van der Waals surface area contributed by atoms with E-state index in [1.54, 1.807) is 0 Å². The van der Waals surface area contributed by atoms with E-state index in [1.165, 1.54) is 0 Å². The fourth-order valence-electron chi connectivity index (χ4n) is 2.03. The van der Waals surface area contributed by atoms with Crippen molar-refractivity contribution in [1.29, 1.82) is 0 Å². The van der Waals surface area contributed by atoms with Gasteiger partial charge in [0.25, 0.3) is 0 Å². The van der Waals surface area contributed by atoms with Crippen molar-refractivity contribution in [1.82, 2.24) is 9.80 Å². The van der Waals surface area contributed by atoms with Crippen LogP contribution in [-0.4, -0.2) is 55.0 Å². The topological polar surface area (TPSA) is 49.6 Å². The van der Waals surface area contributed by atoms with Crippen molar-refractivity contribution >= 4 is 5.91 Å². The molecule has 0 radical (unpaired) electrons. The molecule has 1 heterocycles. The van der Waals surface area contributed by atoms with E-state index in [2.05, 4.69) is 10.8 Å². The van der Waals surface area contributed by atoms with Crippen molar-refractivity contribution < 1.29 is 4.79 Å². The molecule has 1 saturated heterocycles. The zero-order valence-electron chi connectivity index (χ0n) is 10.1. The van der Waals surface area contributed by atoms with Crippen LogP contribution in [0.4, 0.5) is 0 Å². The van der Waals surface area contributed by atoms with Crippen LogP contribution < -0.4 is 5.73 Å². The Morgan fingerprint density at radius 3 is 2.94 bits per heavy atom. The Morgan fingerprint density at radius 1 is 1.69 bits per heavy atom. The molecule has 0 aromatic carbocycles. The molecule has 0 saturated carbocycles. The number of amides is 1. The summed E-state index contributed by atoms with van der Waals surface area (Å²) in [6.07, 6.45) is 7.66. The van der Waals surface area contributed by atoms with E-state index in [4.69, 9.17) is 12.2 Å². The van der Waals surface area contributed by atoms with E-state index in [0.29, 0.717) is 12.5 Å². The lowest BCUT2D eigenvalue weighted by Crippen LogP contribution is -2.52. The monoisotopic (exact) mass is 223 g/mol. The van der Waals surface area contributed by atoms with Crippen LogP contribution in [-0.2, 0) is 4.79 Å². The number of terminal acetylenes is 1. The van der Waals surface area contributed by atoms with Gasteiger partial charge in [0.1, 0.15) is 0 Å². The van der Waals surface area contributed by atoms with Crippen molar-refractivity contribution in [3.63, 3.8) is 0 Å². The predicted octanol–water partition coefficient (Wildman–Crippen LogP) is -0.110. The molecule has 1 aliphatic heterocycles. The Morgan fingerprint density at radius 2 is 2.38 bits per heavy atom. The molecule has 0 aromatic heterocycles. The van der Waals surface area contributed by atoms with Crippen molar-refractivity contribution in [3.8, 4) is 12.3 Å². The average Bonchev–Trinajstić information content (AvgIpc) is 2.28. The molecule has 0 aromatic rings. The largest absolute Gasteiger partial charge is 0.340 e. The molecule has 1 aliphatic rings. The number of carbonyl (C=O) groups excluding carboxylic acids is 1. The van der Waals surface area contributed by atoms with E-state index >= 15 is 0 Å². The number of nitrogens with two attached hydrogens (primary N) is 1. The van der Waals surface area contributed by atoms with E-state index in [-0.39, 0.29) is 5.91 Å². The van der Waals surface area contributed by atoms with E-state index in [1.807, 2.05) is 19.0 Å². The van der Waals surface area contributed by atoms with Gasteiger partial charge in [-0.25, -0.2) is 0 Å². The van der Waals surface area contributed by atoms with Crippen molar-refractivity contribution in [3.05, 3.63) is 0 Å².